The summed E-state index contributed by atoms with van der Waals surface area (Å²) in [5.74, 6) is 6.00. The molecule has 0 fully saturated rings. The van der Waals surface area contributed by atoms with Crippen LogP contribution in [0.3, 0.4) is 0 Å². The number of aromatic nitrogens is 1. The van der Waals surface area contributed by atoms with Gasteiger partial charge in [-0.2, -0.15) is 0 Å². The zero-order valence-corrected chi connectivity index (χ0v) is 7.98. The van der Waals surface area contributed by atoms with E-state index in [2.05, 4.69) is 32.8 Å². The van der Waals surface area contributed by atoms with Crippen LogP contribution in [0.4, 0.5) is 0 Å². The molecule has 0 radical (unpaired) electrons. The van der Waals surface area contributed by atoms with E-state index in [0.29, 0.717) is 5.88 Å². The minimum atomic E-state index is 0.361. The zero-order valence-electron chi connectivity index (χ0n) is 5.64. The fraction of sp³-hybridized carbons (Fsp3) is 0.125. The molecule has 1 aromatic rings. The number of nitrogens with zero attached hydrogens (tertiary/aromatic N) is 1. The highest BCUT2D eigenvalue weighted by Crippen LogP contribution is 2.06. The first-order valence-electron chi connectivity index (χ1n) is 2.99. The van der Waals surface area contributed by atoms with Crippen LogP contribution in [-0.2, 0) is 0 Å². The lowest BCUT2D eigenvalue weighted by atomic mass is 10.3. The van der Waals surface area contributed by atoms with E-state index in [9.17, 15) is 0 Å². The predicted molar refractivity (Wildman–Crippen MR) is 49.5 cm³/mol. The molecule has 1 rings (SSSR count). The molecule has 1 aromatic heterocycles. The second-order valence-electron chi connectivity index (χ2n) is 1.80. The lowest BCUT2D eigenvalue weighted by Gasteiger charge is -1.88. The highest BCUT2D eigenvalue weighted by molar-refractivity contribution is 9.10. The molecule has 11 heavy (non-hydrogen) atoms. The highest BCUT2D eigenvalue weighted by atomic mass is 79.9. The quantitative estimate of drug-likeness (QED) is 0.379. The van der Waals surface area contributed by atoms with Crippen molar-refractivity contribution in [3.63, 3.8) is 0 Å². The third-order valence-electron chi connectivity index (χ3n) is 1.03. The Kier molecular flexibility index (Phi) is 3.41. The normalized spacial score (nSPS) is 8.55. The molecule has 0 N–H and O–H groups in total. The van der Waals surface area contributed by atoms with Crippen molar-refractivity contribution in [2.24, 2.45) is 0 Å². The first-order chi connectivity index (χ1) is 5.33. The van der Waals surface area contributed by atoms with Crippen molar-refractivity contribution in [2.45, 2.75) is 0 Å². The molecular formula is C8H5BrClN. The standard InChI is InChI=1S/C8H5BrClN/c9-8-6-7(2-1-4-10)3-5-11-8/h3,5-6H,4H2. The van der Waals surface area contributed by atoms with Crippen LogP contribution in [0, 0.1) is 11.8 Å². The Labute approximate surface area is 78.9 Å². The van der Waals surface area contributed by atoms with E-state index in [1.807, 2.05) is 12.1 Å². The number of halogens is 2. The van der Waals surface area contributed by atoms with Crippen molar-refractivity contribution in [2.75, 3.05) is 5.88 Å². The maximum Gasteiger partial charge on any atom is 0.107 e. The summed E-state index contributed by atoms with van der Waals surface area (Å²) in [7, 11) is 0. The molecule has 0 unspecified atom stereocenters. The van der Waals surface area contributed by atoms with Gasteiger partial charge >= 0.3 is 0 Å². The zero-order chi connectivity index (χ0) is 8.10. The minimum absolute atomic E-state index is 0.361. The molecule has 0 bridgehead atoms. The van der Waals surface area contributed by atoms with Gasteiger partial charge in [0, 0.05) is 11.8 Å². The summed E-state index contributed by atoms with van der Waals surface area (Å²) in [6.45, 7) is 0. The van der Waals surface area contributed by atoms with E-state index in [1.165, 1.54) is 0 Å². The summed E-state index contributed by atoms with van der Waals surface area (Å²) in [5.41, 5.74) is 0.924. The van der Waals surface area contributed by atoms with E-state index in [1.54, 1.807) is 6.20 Å². The molecule has 0 atom stereocenters. The van der Waals surface area contributed by atoms with Gasteiger partial charge in [-0.25, -0.2) is 4.98 Å². The van der Waals surface area contributed by atoms with Crippen LogP contribution >= 0.6 is 27.5 Å². The molecule has 0 amide bonds. The number of pyridine rings is 1. The maximum atomic E-state index is 5.39. The van der Waals surface area contributed by atoms with Crippen LogP contribution in [0.1, 0.15) is 5.56 Å². The van der Waals surface area contributed by atoms with E-state index in [4.69, 9.17) is 11.6 Å². The molecule has 3 heteroatoms. The lowest BCUT2D eigenvalue weighted by Crippen LogP contribution is -1.77. The molecule has 0 aliphatic rings. The van der Waals surface area contributed by atoms with Gasteiger partial charge in [0.15, 0.2) is 0 Å². The highest BCUT2D eigenvalue weighted by Gasteiger charge is 1.87. The summed E-state index contributed by atoms with van der Waals surface area (Å²) in [5, 5.41) is 0. The summed E-state index contributed by atoms with van der Waals surface area (Å²) in [6.07, 6.45) is 1.70. The summed E-state index contributed by atoms with van der Waals surface area (Å²) in [6, 6.07) is 3.68. The van der Waals surface area contributed by atoms with Gasteiger partial charge in [0.2, 0.25) is 0 Å². The topological polar surface area (TPSA) is 12.9 Å². The lowest BCUT2D eigenvalue weighted by molar-refractivity contribution is 1.27. The van der Waals surface area contributed by atoms with Crippen LogP contribution < -0.4 is 0 Å². The van der Waals surface area contributed by atoms with Gasteiger partial charge in [0.1, 0.15) is 4.60 Å². The summed E-state index contributed by atoms with van der Waals surface area (Å²) < 4.78 is 0.791. The number of alkyl halides is 1. The van der Waals surface area contributed by atoms with Crippen molar-refractivity contribution in [1.82, 2.24) is 4.98 Å². The monoisotopic (exact) mass is 229 g/mol. The number of hydrogen-bond donors (Lipinski definition) is 0. The molecule has 0 aromatic carbocycles. The van der Waals surface area contributed by atoms with Crippen LogP contribution in [0.5, 0.6) is 0 Å². The van der Waals surface area contributed by atoms with Gasteiger partial charge in [-0.3, -0.25) is 0 Å². The van der Waals surface area contributed by atoms with E-state index in [0.717, 1.165) is 10.2 Å². The Morgan fingerprint density at radius 1 is 1.64 bits per heavy atom. The first-order valence-corrected chi connectivity index (χ1v) is 4.32. The van der Waals surface area contributed by atoms with Crippen molar-refractivity contribution in [1.29, 1.82) is 0 Å². The Balaban J connectivity index is 2.87. The van der Waals surface area contributed by atoms with E-state index < -0.39 is 0 Å². The number of rotatable bonds is 0. The minimum Gasteiger partial charge on any atom is -0.249 e. The van der Waals surface area contributed by atoms with Crippen LogP contribution in [0.15, 0.2) is 22.9 Å². The largest absolute Gasteiger partial charge is 0.249 e. The van der Waals surface area contributed by atoms with Gasteiger partial charge in [-0.05, 0) is 28.1 Å². The summed E-state index contributed by atoms with van der Waals surface area (Å²) >= 11 is 8.63. The fourth-order valence-electron chi connectivity index (χ4n) is 0.616. The van der Waals surface area contributed by atoms with Crippen LogP contribution in [0.25, 0.3) is 0 Å². The van der Waals surface area contributed by atoms with Crippen molar-refractivity contribution < 1.29 is 0 Å². The van der Waals surface area contributed by atoms with Crippen LogP contribution in [-0.4, -0.2) is 10.9 Å². The average Bonchev–Trinajstić information content (AvgIpc) is 2.01. The Morgan fingerprint density at radius 3 is 3.09 bits per heavy atom. The molecule has 0 saturated carbocycles. The predicted octanol–water partition coefficient (Wildman–Crippen LogP) is 2.43. The third kappa shape index (κ3) is 2.92. The fourth-order valence-corrected chi connectivity index (χ4v) is 1.05. The second-order valence-corrected chi connectivity index (χ2v) is 2.88. The second kappa shape index (κ2) is 4.38. The van der Waals surface area contributed by atoms with E-state index >= 15 is 0 Å². The van der Waals surface area contributed by atoms with Gasteiger partial charge in [-0.1, -0.05) is 11.8 Å². The number of hydrogen-bond acceptors (Lipinski definition) is 1. The third-order valence-corrected chi connectivity index (χ3v) is 1.59. The van der Waals surface area contributed by atoms with Crippen molar-refractivity contribution >= 4 is 27.5 Å². The first kappa shape index (κ1) is 8.58. The van der Waals surface area contributed by atoms with Gasteiger partial charge in [0.05, 0.1) is 5.88 Å². The van der Waals surface area contributed by atoms with Gasteiger partial charge in [-0.15, -0.1) is 11.6 Å². The Bertz CT molecular complexity index is 300. The van der Waals surface area contributed by atoms with Crippen molar-refractivity contribution in [3.05, 3.63) is 28.5 Å². The van der Waals surface area contributed by atoms with Gasteiger partial charge < -0.3 is 0 Å². The molecule has 1 heterocycles. The molecule has 0 saturated heterocycles. The molecule has 0 aliphatic carbocycles. The van der Waals surface area contributed by atoms with E-state index in [-0.39, 0.29) is 0 Å². The Hall–Kier alpha value is -0.520. The Morgan fingerprint density at radius 2 is 2.45 bits per heavy atom. The SMILES string of the molecule is ClCC#Cc1ccnc(Br)c1. The summed E-state index contributed by atoms with van der Waals surface area (Å²) in [4.78, 5) is 3.96. The van der Waals surface area contributed by atoms with Crippen molar-refractivity contribution in [3.8, 4) is 11.8 Å². The average molecular weight is 230 g/mol. The smallest absolute Gasteiger partial charge is 0.107 e. The molecule has 1 nitrogen and oxygen atoms in total. The molecule has 0 spiro atoms. The van der Waals surface area contributed by atoms with Crippen LogP contribution in [0.2, 0.25) is 0 Å². The molecular weight excluding hydrogens is 225 g/mol. The van der Waals surface area contributed by atoms with Gasteiger partial charge in [0.25, 0.3) is 0 Å². The molecule has 0 aliphatic heterocycles. The molecule has 56 valence electrons. The maximum absolute atomic E-state index is 5.39.